The van der Waals surface area contributed by atoms with Crippen molar-refractivity contribution in [2.45, 2.75) is 38.0 Å². The summed E-state index contributed by atoms with van der Waals surface area (Å²) in [6.45, 7) is 4.08. The van der Waals surface area contributed by atoms with Gasteiger partial charge in [-0.05, 0) is 62.1 Å². The molecule has 1 saturated heterocycles. The number of sulfonamides is 2. The van der Waals surface area contributed by atoms with Crippen LogP contribution in [0.4, 0.5) is 11.4 Å². The summed E-state index contributed by atoms with van der Waals surface area (Å²) in [6, 6.07) is 9.50. The first-order valence-corrected chi connectivity index (χ1v) is 14.3. The second-order valence-corrected chi connectivity index (χ2v) is 12.2. The van der Waals surface area contributed by atoms with Crippen LogP contribution in [0.3, 0.4) is 0 Å². The van der Waals surface area contributed by atoms with Crippen LogP contribution >= 0.6 is 0 Å². The van der Waals surface area contributed by atoms with Crippen molar-refractivity contribution in [1.82, 2.24) is 4.31 Å². The van der Waals surface area contributed by atoms with Gasteiger partial charge in [-0.15, -0.1) is 0 Å². The molecular weight excluding hydrogens is 478 g/mol. The molecule has 34 heavy (non-hydrogen) atoms. The Bertz CT molecular complexity index is 1270. The normalized spacial score (nSPS) is 15.1. The second-order valence-electron chi connectivity index (χ2n) is 8.36. The van der Waals surface area contributed by atoms with Crippen molar-refractivity contribution in [3.63, 3.8) is 0 Å². The fourth-order valence-corrected chi connectivity index (χ4v) is 6.36. The molecule has 1 N–H and O–H groups in total. The maximum atomic E-state index is 13.1. The molecule has 0 atom stereocenters. The lowest BCUT2D eigenvalue weighted by atomic mass is 10.1. The maximum absolute atomic E-state index is 13.1. The predicted molar refractivity (Wildman–Crippen MR) is 132 cm³/mol. The molecule has 186 valence electrons. The molecule has 0 spiro atoms. The molecular formula is C23H31N3O6S2. The maximum Gasteiger partial charge on any atom is 0.245 e. The molecule has 1 heterocycles. The lowest BCUT2D eigenvalue weighted by Crippen LogP contribution is -2.38. The number of benzene rings is 2. The Labute approximate surface area is 201 Å². The smallest absolute Gasteiger partial charge is 0.245 e. The standard InChI is InChI=1S/C23H31N3O6S2/c1-17-9-8-10-21(18(17)2)26(33(4,28)29)16-23(27)24-20-15-19(11-12-22(20)32-3)34(30,31)25-13-6-5-7-14-25/h8-12,15H,5-7,13-14,16H2,1-4H3,(H,24,27). The number of piperidine rings is 1. The number of nitrogens with one attached hydrogen (secondary N) is 1. The number of hydrogen-bond donors (Lipinski definition) is 1. The molecule has 11 heteroatoms. The molecule has 0 saturated carbocycles. The molecule has 1 aliphatic rings. The number of methoxy groups -OCH3 is 1. The Balaban J connectivity index is 1.89. The van der Waals surface area contributed by atoms with E-state index >= 15 is 0 Å². The highest BCUT2D eigenvalue weighted by Crippen LogP contribution is 2.30. The van der Waals surface area contributed by atoms with E-state index in [0.717, 1.165) is 41.0 Å². The Morgan fingerprint density at radius 2 is 1.74 bits per heavy atom. The molecule has 2 aromatic carbocycles. The van der Waals surface area contributed by atoms with E-state index in [-0.39, 0.29) is 16.3 Å². The largest absolute Gasteiger partial charge is 0.495 e. The van der Waals surface area contributed by atoms with Crippen LogP contribution in [-0.4, -0.2) is 60.0 Å². The molecule has 1 aliphatic heterocycles. The summed E-state index contributed by atoms with van der Waals surface area (Å²) in [7, 11) is -6.09. The van der Waals surface area contributed by atoms with Gasteiger partial charge in [0.25, 0.3) is 0 Å². The van der Waals surface area contributed by atoms with E-state index in [1.54, 1.807) is 19.1 Å². The average molecular weight is 510 g/mol. The highest BCUT2D eigenvalue weighted by molar-refractivity contribution is 7.92. The fraction of sp³-hybridized carbons (Fsp3) is 0.435. The molecule has 3 rings (SSSR count). The number of hydrogen-bond acceptors (Lipinski definition) is 6. The van der Waals surface area contributed by atoms with Gasteiger partial charge in [-0.25, -0.2) is 16.8 Å². The summed E-state index contributed by atoms with van der Waals surface area (Å²) in [4.78, 5) is 13.0. The molecule has 0 unspecified atom stereocenters. The zero-order valence-electron chi connectivity index (χ0n) is 19.9. The van der Waals surface area contributed by atoms with Crippen molar-refractivity contribution >= 4 is 37.3 Å². The van der Waals surface area contributed by atoms with Crippen molar-refractivity contribution in [2.75, 3.05) is 42.6 Å². The number of carbonyl (C=O) groups is 1. The van der Waals surface area contributed by atoms with Gasteiger partial charge in [0.1, 0.15) is 12.3 Å². The highest BCUT2D eigenvalue weighted by atomic mass is 32.2. The van der Waals surface area contributed by atoms with Crippen LogP contribution < -0.4 is 14.4 Å². The van der Waals surface area contributed by atoms with Crippen molar-refractivity contribution in [3.05, 3.63) is 47.5 Å². The summed E-state index contributed by atoms with van der Waals surface area (Å²) in [5, 5.41) is 2.63. The summed E-state index contributed by atoms with van der Waals surface area (Å²) in [5.74, 6) is -0.360. The lowest BCUT2D eigenvalue weighted by molar-refractivity contribution is -0.114. The third kappa shape index (κ3) is 5.70. The number of ether oxygens (including phenoxy) is 1. The van der Waals surface area contributed by atoms with Gasteiger partial charge in [0.2, 0.25) is 26.0 Å². The molecule has 9 nitrogen and oxygen atoms in total. The van der Waals surface area contributed by atoms with Gasteiger partial charge in [0.15, 0.2) is 0 Å². The minimum absolute atomic E-state index is 0.0417. The van der Waals surface area contributed by atoms with E-state index in [2.05, 4.69) is 5.32 Å². The zero-order chi connectivity index (χ0) is 25.1. The van der Waals surface area contributed by atoms with Crippen molar-refractivity contribution in [2.24, 2.45) is 0 Å². The summed E-state index contributed by atoms with van der Waals surface area (Å²) in [6.07, 6.45) is 3.64. The van der Waals surface area contributed by atoms with Crippen molar-refractivity contribution in [3.8, 4) is 5.75 Å². The fourth-order valence-electron chi connectivity index (χ4n) is 3.91. The number of amides is 1. The van der Waals surface area contributed by atoms with Gasteiger partial charge < -0.3 is 10.1 Å². The summed E-state index contributed by atoms with van der Waals surface area (Å²) in [5.41, 5.74) is 2.20. The Hall–Kier alpha value is -2.63. The number of aryl methyl sites for hydroxylation is 1. The van der Waals surface area contributed by atoms with Gasteiger partial charge in [-0.1, -0.05) is 18.6 Å². The molecule has 0 radical (unpaired) electrons. The van der Waals surface area contributed by atoms with E-state index in [1.165, 1.54) is 29.6 Å². The minimum Gasteiger partial charge on any atom is -0.495 e. The predicted octanol–water partition coefficient (Wildman–Crippen LogP) is 2.89. The van der Waals surface area contributed by atoms with Gasteiger partial charge >= 0.3 is 0 Å². The van der Waals surface area contributed by atoms with Crippen LogP contribution in [0.5, 0.6) is 5.75 Å². The van der Waals surface area contributed by atoms with Gasteiger partial charge in [0, 0.05) is 13.1 Å². The molecule has 0 aliphatic carbocycles. The third-order valence-corrected chi connectivity index (χ3v) is 8.95. The number of carbonyl (C=O) groups excluding carboxylic acids is 1. The number of anilines is 2. The summed E-state index contributed by atoms with van der Waals surface area (Å²) >= 11 is 0. The van der Waals surface area contributed by atoms with E-state index in [9.17, 15) is 21.6 Å². The highest BCUT2D eigenvalue weighted by Gasteiger charge is 2.28. The van der Waals surface area contributed by atoms with Crippen molar-refractivity contribution < 1.29 is 26.4 Å². The first-order valence-electron chi connectivity index (χ1n) is 11.0. The Kier molecular flexibility index (Phi) is 7.89. The topological polar surface area (TPSA) is 113 Å². The van der Waals surface area contributed by atoms with Crippen LogP contribution in [0.15, 0.2) is 41.3 Å². The molecule has 0 bridgehead atoms. The molecule has 2 aromatic rings. The van der Waals surface area contributed by atoms with E-state index in [1.807, 2.05) is 13.0 Å². The quantitative estimate of drug-likeness (QED) is 0.586. The molecule has 1 amide bonds. The monoisotopic (exact) mass is 509 g/mol. The van der Waals surface area contributed by atoms with Crippen LogP contribution in [0, 0.1) is 13.8 Å². The Morgan fingerprint density at radius 3 is 2.35 bits per heavy atom. The van der Waals surface area contributed by atoms with Gasteiger partial charge in [-0.2, -0.15) is 4.31 Å². The molecule has 1 fully saturated rings. The van der Waals surface area contributed by atoms with Gasteiger partial charge in [0.05, 0.1) is 29.6 Å². The first kappa shape index (κ1) is 26.0. The van der Waals surface area contributed by atoms with Gasteiger partial charge in [-0.3, -0.25) is 9.10 Å². The van der Waals surface area contributed by atoms with Crippen LogP contribution in [-0.2, 0) is 24.8 Å². The SMILES string of the molecule is COc1ccc(S(=O)(=O)N2CCCCC2)cc1NC(=O)CN(c1cccc(C)c1C)S(C)(=O)=O. The number of rotatable bonds is 8. The lowest BCUT2D eigenvalue weighted by Gasteiger charge is -2.26. The average Bonchev–Trinajstić information content (AvgIpc) is 2.79. The first-order chi connectivity index (χ1) is 15.9. The zero-order valence-corrected chi connectivity index (χ0v) is 21.5. The second kappa shape index (κ2) is 10.3. The summed E-state index contributed by atoms with van der Waals surface area (Å²) < 4.78 is 58.9. The Morgan fingerprint density at radius 1 is 1.06 bits per heavy atom. The van der Waals surface area contributed by atoms with E-state index in [4.69, 9.17) is 4.74 Å². The van der Waals surface area contributed by atoms with E-state index in [0.29, 0.717) is 18.8 Å². The molecule has 0 aromatic heterocycles. The van der Waals surface area contributed by atoms with Crippen LogP contribution in [0.1, 0.15) is 30.4 Å². The number of nitrogens with zero attached hydrogens (tertiary/aromatic N) is 2. The third-order valence-electron chi connectivity index (χ3n) is 5.93. The van der Waals surface area contributed by atoms with Crippen LogP contribution in [0.25, 0.3) is 0 Å². The van der Waals surface area contributed by atoms with E-state index < -0.39 is 32.5 Å². The minimum atomic E-state index is -3.77. The van der Waals surface area contributed by atoms with Crippen molar-refractivity contribution in [1.29, 1.82) is 0 Å². The van der Waals surface area contributed by atoms with Crippen LogP contribution in [0.2, 0.25) is 0 Å².